The average molecular weight is 341 g/mol. The van der Waals surface area contributed by atoms with Crippen molar-refractivity contribution in [3.63, 3.8) is 0 Å². The summed E-state index contributed by atoms with van der Waals surface area (Å²) in [6.07, 6.45) is 0. The van der Waals surface area contributed by atoms with Gasteiger partial charge in [-0.3, -0.25) is 0 Å². The third-order valence-corrected chi connectivity index (χ3v) is 0. The second kappa shape index (κ2) is 15.6. The van der Waals surface area contributed by atoms with Crippen LogP contribution in [-0.4, -0.2) is 0 Å². The van der Waals surface area contributed by atoms with Gasteiger partial charge in [0, 0.05) is 0 Å². The van der Waals surface area contributed by atoms with Crippen LogP contribution in [0.4, 0.5) is 0 Å². The van der Waals surface area contributed by atoms with Gasteiger partial charge >= 0.3 is 72.8 Å². The van der Waals surface area contributed by atoms with Crippen molar-refractivity contribution >= 4 is 48.5 Å². The molecule has 0 atom stereocenters. The van der Waals surface area contributed by atoms with Gasteiger partial charge < -0.3 is 0 Å². The van der Waals surface area contributed by atoms with Gasteiger partial charge in [-0.05, 0) is 0 Å². The first kappa shape index (κ1) is 11.4. The van der Waals surface area contributed by atoms with E-state index >= 15 is 0 Å². The number of hydrogen-bond donors (Lipinski definition) is 0. The zero-order valence-electron chi connectivity index (χ0n) is 2.24. The molecule has 6 heteroatoms. The molecule has 0 saturated carbocycles. The topological polar surface area (TPSA) is 0 Å². The maximum atomic E-state index is 4.83. The molecule has 0 spiro atoms. The third-order valence-electron chi connectivity index (χ3n) is 0. The van der Waals surface area contributed by atoms with E-state index in [9.17, 15) is 0 Å². The van der Waals surface area contributed by atoms with Crippen molar-refractivity contribution in [3.05, 3.63) is 0 Å². The Morgan fingerprint density at radius 2 is 1.33 bits per heavy atom. The van der Waals surface area contributed by atoms with E-state index in [-0.39, 0.29) is 13.4 Å². The average Bonchev–Trinajstić information content (AvgIpc) is 1.39. The normalized spacial score (nSPS) is 6.67. The Bertz CT molecular complexity index is 13.5. The molecular formula is Br2Cl2CrNi. The van der Waals surface area contributed by atoms with Crippen LogP contribution in [0.3, 0.4) is 0 Å². The van der Waals surface area contributed by atoms with Crippen LogP contribution in [-0.2, 0) is 24.3 Å². The SMILES string of the molecule is [Br][Ni][Br].[Cl][Cr][Cl]. The van der Waals surface area contributed by atoms with Crippen molar-refractivity contribution in [2.45, 2.75) is 0 Å². The summed E-state index contributed by atoms with van der Waals surface area (Å²) in [7, 11) is 10.9. The van der Waals surface area contributed by atoms with Crippen molar-refractivity contribution < 1.29 is 24.3 Å². The summed E-state index contributed by atoms with van der Waals surface area (Å²) in [5.74, 6) is 0. The van der Waals surface area contributed by atoms with Crippen molar-refractivity contribution in [1.29, 1.82) is 0 Å². The molecule has 0 amide bonds. The number of halogens is 4. The van der Waals surface area contributed by atoms with Crippen LogP contribution in [0.25, 0.3) is 0 Å². The minimum atomic E-state index is -0.181. The second-order valence-electron chi connectivity index (χ2n) is 0.103. The van der Waals surface area contributed by atoms with Crippen LogP contribution in [0.2, 0.25) is 0 Å². The molecule has 0 bridgehead atoms. The van der Waals surface area contributed by atoms with Gasteiger partial charge in [0.1, 0.15) is 0 Å². The molecule has 0 aliphatic carbocycles. The molecule has 0 aromatic carbocycles. The summed E-state index contributed by atoms with van der Waals surface area (Å²) in [6, 6.07) is 0. The molecule has 0 aromatic heterocycles. The van der Waals surface area contributed by atoms with Gasteiger partial charge in [-0.25, -0.2) is 0 Å². The Morgan fingerprint density at radius 3 is 1.33 bits per heavy atom. The molecule has 44 valence electrons. The van der Waals surface area contributed by atoms with E-state index in [4.69, 9.17) is 20.1 Å². The second-order valence-corrected chi connectivity index (χ2v) is 7.19. The Hall–Kier alpha value is 2.57. The fourth-order valence-corrected chi connectivity index (χ4v) is 0. The van der Waals surface area contributed by atoms with Gasteiger partial charge in [0.25, 0.3) is 0 Å². The predicted octanol–water partition coefficient (Wildman–Crippen LogP) is 3.07. The molecule has 0 rings (SSSR count). The van der Waals surface area contributed by atoms with Gasteiger partial charge in [-0.2, -0.15) is 0 Å². The van der Waals surface area contributed by atoms with Crippen molar-refractivity contribution in [2.75, 3.05) is 0 Å². The van der Waals surface area contributed by atoms with Crippen LogP contribution in [0, 0.1) is 0 Å². The van der Waals surface area contributed by atoms with E-state index in [2.05, 4.69) is 28.5 Å². The van der Waals surface area contributed by atoms with Gasteiger partial charge in [-0.15, -0.1) is 0 Å². The third kappa shape index (κ3) is 30.9. The van der Waals surface area contributed by atoms with Crippen molar-refractivity contribution in [1.82, 2.24) is 0 Å². The van der Waals surface area contributed by atoms with E-state index in [1.165, 1.54) is 10.9 Å². The zero-order valence-corrected chi connectivity index (χ0v) is 9.18. The molecule has 0 unspecified atom stereocenters. The molecule has 0 heterocycles. The van der Waals surface area contributed by atoms with Gasteiger partial charge in [-0.1, -0.05) is 0 Å². The summed E-state index contributed by atoms with van der Waals surface area (Å²) in [6.45, 7) is 0. The molecule has 0 aliphatic rings. The quantitative estimate of drug-likeness (QED) is 0.594. The molecule has 0 radical (unpaired) electrons. The summed E-state index contributed by atoms with van der Waals surface area (Å²) in [5.41, 5.74) is 0. The minimum absolute atomic E-state index is 0.181. The summed E-state index contributed by atoms with van der Waals surface area (Å²) in [5, 5.41) is 0. The first-order chi connectivity index (χ1) is 2.83. The number of hydrogen-bond acceptors (Lipinski definition) is 0. The van der Waals surface area contributed by atoms with Crippen LogP contribution < -0.4 is 0 Å². The van der Waals surface area contributed by atoms with E-state index < -0.39 is 0 Å². The molecule has 0 N–H and O–H groups in total. The summed E-state index contributed by atoms with van der Waals surface area (Å²) >= 11 is 5.82. The molecule has 0 fully saturated rings. The van der Waals surface area contributed by atoms with Gasteiger partial charge in [0.05, 0.1) is 0 Å². The van der Waals surface area contributed by atoms with Gasteiger partial charge in [0.15, 0.2) is 0 Å². The van der Waals surface area contributed by atoms with Crippen molar-refractivity contribution in [3.8, 4) is 0 Å². The van der Waals surface area contributed by atoms with Crippen LogP contribution >= 0.6 is 48.5 Å². The Kier molecular flexibility index (Phi) is 29.7. The van der Waals surface area contributed by atoms with E-state index in [0.717, 1.165) is 0 Å². The standard InChI is InChI=1S/2BrH.2ClH.Cr.Ni/h4*1H;;/q;;;;2*+2/p-4. The van der Waals surface area contributed by atoms with Crippen LogP contribution in [0.5, 0.6) is 0 Å². The number of rotatable bonds is 0. The summed E-state index contributed by atoms with van der Waals surface area (Å²) < 4.78 is 0. The summed E-state index contributed by atoms with van der Waals surface area (Å²) in [4.78, 5) is 0. The maximum absolute atomic E-state index is 4.83. The Balaban J connectivity index is 0. The predicted molar refractivity (Wildman–Crippen MR) is 29.6 cm³/mol. The molecule has 0 aliphatic heterocycles. The molecule has 0 aromatic rings. The molecule has 6 heavy (non-hydrogen) atoms. The van der Waals surface area contributed by atoms with E-state index in [1.807, 2.05) is 0 Å². The Labute approximate surface area is 71.8 Å². The first-order valence-electron chi connectivity index (χ1n) is 0.548. The fourth-order valence-electron chi connectivity index (χ4n) is 0. The monoisotopic (exact) mass is 338 g/mol. The fraction of sp³-hybridized carbons (Fsp3) is 0. The van der Waals surface area contributed by atoms with Crippen LogP contribution in [0.1, 0.15) is 0 Å². The Morgan fingerprint density at radius 1 is 1.33 bits per heavy atom. The van der Waals surface area contributed by atoms with E-state index in [1.54, 1.807) is 0 Å². The molecular weight excluding hydrogens is 341 g/mol. The van der Waals surface area contributed by atoms with Crippen molar-refractivity contribution in [2.24, 2.45) is 0 Å². The first-order valence-corrected chi connectivity index (χ1v) is 8.94. The zero-order chi connectivity index (χ0) is 5.41. The van der Waals surface area contributed by atoms with Crippen LogP contribution in [0.15, 0.2) is 0 Å². The van der Waals surface area contributed by atoms with E-state index in [0.29, 0.717) is 0 Å². The van der Waals surface area contributed by atoms with Gasteiger partial charge in [0.2, 0.25) is 0 Å². The molecule has 0 saturated heterocycles. The molecule has 0 nitrogen and oxygen atoms in total.